The third-order valence-electron chi connectivity index (χ3n) is 10.5. The molecule has 4 fully saturated rings. The summed E-state index contributed by atoms with van der Waals surface area (Å²) in [6.45, 7) is 21.3. The lowest BCUT2D eigenvalue weighted by atomic mass is 9.77. The molecular formula is C29H52N4O2. The summed E-state index contributed by atoms with van der Waals surface area (Å²) in [6, 6.07) is 0. The summed E-state index contributed by atoms with van der Waals surface area (Å²) in [5, 5.41) is 3.66. The molecule has 6 heteroatoms. The number of nitrogens with zero attached hydrogens (tertiary/aromatic N) is 3. The minimum atomic E-state index is -0.144. The predicted molar refractivity (Wildman–Crippen MR) is 142 cm³/mol. The molecule has 0 aliphatic carbocycles. The highest BCUT2D eigenvalue weighted by Gasteiger charge is 2.53. The van der Waals surface area contributed by atoms with Gasteiger partial charge in [0.15, 0.2) is 0 Å². The largest absolute Gasteiger partial charge is 0.342 e. The van der Waals surface area contributed by atoms with Crippen LogP contribution in [0.4, 0.5) is 0 Å². The van der Waals surface area contributed by atoms with E-state index in [2.05, 4.69) is 82.5 Å². The van der Waals surface area contributed by atoms with Crippen LogP contribution in [-0.4, -0.2) is 81.9 Å². The van der Waals surface area contributed by atoms with Gasteiger partial charge < -0.3 is 15.1 Å². The summed E-state index contributed by atoms with van der Waals surface area (Å²) >= 11 is 0. The van der Waals surface area contributed by atoms with E-state index in [0.717, 1.165) is 64.7 Å². The molecule has 6 nitrogen and oxygen atoms in total. The molecule has 200 valence electrons. The van der Waals surface area contributed by atoms with E-state index in [9.17, 15) is 9.59 Å². The summed E-state index contributed by atoms with van der Waals surface area (Å²) in [4.78, 5) is 33.6. The maximum Gasteiger partial charge on any atom is 0.227 e. The topological polar surface area (TPSA) is 55.9 Å². The Morgan fingerprint density at radius 1 is 0.686 bits per heavy atom. The van der Waals surface area contributed by atoms with E-state index in [0.29, 0.717) is 23.7 Å². The Morgan fingerprint density at radius 3 is 1.46 bits per heavy atom. The second kappa shape index (κ2) is 9.01. The zero-order chi connectivity index (χ0) is 26.0. The minimum absolute atomic E-state index is 0.0203. The van der Waals surface area contributed by atoms with Crippen molar-refractivity contribution in [1.82, 2.24) is 20.0 Å². The summed E-state index contributed by atoms with van der Waals surface area (Å²) < 4.78 is 0. The third kappa shape index (κ3) is 5.03. The number of carbonyl (C=O) groups is 2. The number of hydrogen-bond donors (Lipinski definition) is 1. The molecule has 0 aromatic rings. The molecule has 4 rings (SSSR count). The molecule has 0 bridgehead atoms. The highest BCUT2D eigenvalue weighted by Crippen LogP contribution is 2.45. The molecule has 35 heavy (non-hydrogen) atoms. The molecule has 4 heterocycles. The number of nitrogens with one attached hydrogen (secondary N) is 1. The first-order valence-electron chi connectivity index (χ1n) is 14.2. The van der Waals surface area contributed by atoms with Gasteiger partial charge in [0, 0.05) is 48.3 Å². The molecule has 4 saturated heterocycles. The lowest BCUT2D eigenvalue weighted by Gasteiger charge is -2.43. The molecule has 1 N–H and O–H groups in total. The average molecular weight is 489 g/mol. The Labute approximate surface area is 214 Å². The van der Waals surface area contributed by atoms with Crippen LogP contribution in [0, 0.1) is 23.7 Å². The zero-order valence-electron chi connectivity index (χ0n) is 24.0. The Morgan fingerprint density at radius 2 is 1.11 bits per heavy atom. The van der Waals surface area contributed by atoms with Crippen LogP contribution in [0.5, 0.6) is 0 Å². The van der Waals surface area contributed by atoms with Crippen molar-refractivity contribution in [3.63, 3.8) is 0 Å². The van der Waals surface area contributed by atoms with E-state index in [1.165, 1.54) is 0 Å². The number of amides is 2. The maximum atomic E-state index is 13.5. The van der Waals surface area contributed by atoms with Crippen LogP contribution in [0.1, 0.15) is 93.9 Å². The SMILES string of the molecule is CN1C(C)(C)CC(C(=O)N2CCC(C3CCN(C(=O)C4CC(C)(C)NC4(C)C)CC3)CC2)C1(C)C. The molecule has 0 spiro atoms. The van der Waals surface area contributed by atoms with Crippen LogP contribution in [-0.2, 0) is 9.59 Å². The van der Waals surface area contributed by atoms with Gasteiger partial charge in [-0.05, 0) is 113 Å². The fraction of sp³-hybridized carbons (Fsp3) is 0.931. The number of carbonyl (C=O) groups excluding carboxylic acids is 2. The first-order valence-corrected chi connectivity index (χ1v) is 14.2. The van der Waals surface area contributed by atoms with E-state index in [1.54, 1.807) is 0 Å². The van der Waals surface area contributed by atoms with Gasteiger partial charge in [-0.1, -0.05) is 0 Å². The van der Waals surface area contributed by atoms with E-state index >= 15 is 0 Å². The Kier molecular flexibility index (Phi) is 6.92. The van der Waals surface area contributed by atoms with Gasteiger partial charge in [-0.3, -0.25) is 14.5 Å². The lowest BCUT2D eigenvalue weighted by Crippen LogP contribution is -2.52. The van der Waals surface area contributed by atoms with Gasteiger partial charge in [0.05, 0.1) is 11.8 Å². The van der Waals surface area contributed by atoms with Crippen LogP contribution in [0.3, 0.4) is 0 Å². The van der Waals surface area contributed by atoms with Crippen LogP contribution >= 0.6 is 0 Å². The zero-order valence-corrected chi connectivity index (χ0v) is 24.0. The number of rotatable bonds is 3. The number of likely N-dealkylation sites (tertiary alicyclic amines) is 3. The smallest absolute Gasteiger partial charge is 0.227 e. The highest BCUT2D eigenvalue weighted by atomic mass is 16.2. The van der Waals surface area contributed by atoms with E-state index in [1.807, 2.05) is 0 Å². The van der Waals surface area contributed by atoms with Crippen LogP contribution in [0.2, 0.25) is 0 Å². The molecule has 0 aromatic heterocycles. The summed E-state index contributed by atoms with van der Waals surface area (Å²) in [5.41, 5.74) is -0.163. The Hall–Kier alpha value is -1.14. The molecule has 4 aliphatic heterocycles. The molecular weight excluding hydrogens is 436 g/mol. The fourth-order valence-electron chi connectivity index (χ4n) is 8.08. The van der Waals surface area contributed by atoms with Gasteiger partial charge >= 0.3 is 0 Å². The second-order valence-electron chi connectivity index (χ2n) is 14.6. The first kappa shape index (κ1) is 26.9. The number of hydrogen-bond acceptors (Lipinski definition) is 4. The van der Waals surface area contributed by atoms with Crippen molar-refractivity contribution < 1.29 is 9.59 Å². The Bertz CT molecular complexity index is 817. The quantitative estimate of drug-likeness (QED) is 0.649. The highest BCUT2D eigenvalue weighted by molar-refractivity contribution is 5.81. The van der Waals surface area contributed by atoms with Crippen LogP contribution < -0.4 is 5.32 Å². The van der Waals surface area contributed by atoms with Gasteiger partial charge in [0.1, 0.15) is 0 Å². The van der Waals surface area contributed by atoms with E-state index < -0.39 is 0 Å². The second-order valence-corrected chi connectivity index (χ2v) is 14.6. The van der Waals surface area contributed by atoms with Gasteiger partial charge in [0.25, 0.3) is 0 Å². The number of piperidine rings is 2. The summed E-state index contributed by atoms with van der Waals surface area (Å²) in [7, 11) is 2.17. The fourth-order valence-corrected chi connectivity index (χ4v) is 8.08. The molecule has 2 unspecified atom stereocenters. The molecule has 4 aliphatic rings. The maximum absolute atomic E-state index is 13.5. The van der Waals surface area contributed by atoms with Gasteiger partial charge in [-0.15, -0.1) is 0 Å². The van der Waals surface area contributed by atoms with Crippen molar-refractivity contribution in [2.75, 3.05) is 33.2 Å². The van der Waals surface area contributed by atoms with Gasteiger partial charge in [-0.2, -0.15) is 0 Å². The van der Waals surface area contributed by atoms with E-state index in [-0.39, 0.29) is 34.0 Å². The van der Waals surface area contributed by atoms with Crippen molar-refractivity contribution in [2.45, 2.75) is 116 Å². The molecule has 2 amide bonds. The van der Waals surface area contributed by atoms with Gasteiger partial charge in [-0.25, -0.2) is 0 Å². The van der Waals surface area contributed by atoms with Gasteiger partial charge in [0.2, 0.25) is 11.8 Å². The monoisotopic (exact) mass is 488 g/mol. The molecule has 0 radical (unpaired) electrons. The molecule has 2 atom stereocenters. The third-order valence-corrected chi connectivity index (χ3v) is 10.5. The lowest BCUT2D eigenvalue weighted by molar-refractivity contribution is -0.141. The van der Waals surface area contributed by atoms with Crippen molar-refractivity contribution >= 4 is 11.8 Å². The Balaban J connectivity index is 1.27. The van der Waals surface area contributed by atoms with Crippen molar-refractivity contribution in [3.8, 4) is 0 Å². The van der Waals surface area contributed by atoms with E-state index in [4.69, 9.17) is 0 Å². The summed E-state index contributed by atoms with van der Waals surface area (Å²) in [6.07, 6.45) is 6.31. The average Bonchev–Trinajstić information content (AvgIpc) is 3.11. The van der Waals surface area contributed by atoms with Crippen LogP contribution in [0.25, 0.3) is 0 Å². The minimum Gasteiger partial charge on any atom is -0.342 e. The van der Waals surface area contributed by atoms with Crippen molar-refractivity contribution in [3.05, 3.63) is 0 Å². The van der Waals surface area contributed by atoms with Crippen molar-refractivity contribution in [2.24, 2.45) is 23.7 Å². The summed E-state index contributed by atoms with van der Waals surface area (Å²) in [5.74, 6) is 2.23. The van der Waals surface area contributed by atoms with Crippen LogP contribution in [0.15, 0.2) is 0 Å². The first-order chi connectivity index (χ1) is 16.1. The predicted octanol–water partition coefficient (Wildman–Crippen LogP) is 4.14. The standard InChI is InChI=1S/C29H52N4O2/c1-26(2)18-22(28(5,6)30-26)24(34)32-14-10-20(11-15-32)21-12-16-33(17-13-21)25(35)23-19-27(3,4)31(9)29(23,7)8/h20-23,30H,10-19H2,1-9H3. The normalized spacial score (nSPS) is 33.3. The van der Waals surface area contributed by atoms with Crippen molar-refractivity contribution in [1.29, 1.82) is 0 Å². The molecule has 0 aromatic carbocycles. The molecule has 0 saturated carbocycles.